The van der Waals surface area contributed by atoms with Crippen molar-refractivity contribution in [3.63, 3.8) is 0 Å². The van der Waals surface area contributed by atoms with E-state index in [-0.39, 0.29) is 5.91 Å². The number of nitrogens with one attached hydrogen (secondary N) is 2. The third-order valence-corrected chi connectivity index (χ3v) is 3.54. The summed E-state index contributed by atoms with van der Waals surface area (Å²) in [5.74, 6) is 0.556. The van der Waals surface area contributed by atoms with Crippen molar-refractivity contribution < 1.29 is 4.79 Å². The minimum absolute atomic E-state index is 0.0592. The fraction of sp³-hybridized carbons (Fsp3) is 0.300. The topological polar surface area (TPSA) is 41.1 Å². The third-order valence-electron chi connectivity index (χ3n) is 2.10. The number of halogens is 1. The number of amides is 1. The molecule has 1 aliphatic rings. The lowest BCUT2D eigenvalue weighted by atomic mass is 10.3. The average molecular weight is 243 g/mol. The maximum atomic E-state index is 11.1. The molecule has 0 unspecified atom stereocenters. The molecule has 80 valence electrons. The van der Waals surface area contributed by atoms with Gasteiger partial charge in [-0.2, -0.15) is 0 Å². The van der Waals surface area contributed by atoms with Crippen LogP contribution in [-0.4, -0.2) is 16.7 Å². The second-order valence-corrected chi connectivity index (χ2v) is 5.33. The van der Waals surface area contributed by atoms with Crippen molar-refractivity contribution in [2.45, 2.75) is 11.9 Å². The highest BCUT2D eigenvalue weighted by Crippen LogP contribution is 2.29. The molecule has 0 saturated carbocycles. The van der Waals surface area contributed by atoms with E-state index in [0.29, 0.717) is 10.8 Å². The van der Waals surface area contributed by atoms with E-state index < -0.39 is 4.99 Å². The van der Waals surface area contributed by atoms with Crippen molar-refractivity contribution in [2.75, 3.05) is 11.1 Å². The molecule has 0 bridgehead atoms. The molecule has 1 amide bonds. The van der Waals surface area contributed by atoms with Gasteiger partial charge in [0.2, 0.25) is 5.91 Å². The zero-order chi connectivity index (χ0) is 10.9. The van der Waals surface area contributed by atoms with Gasteiger partial charge in [0.25, 0.3) is 0 Å². The minimum Gasteiger partial charge on any atom is -0.354 e. The summed E-state index contributed by atoms with van der Waals surface area (Å²) in [5.41, 5.74) is 0.941. The molecule has 3 nitrogen and oxygen atoms in total. The molecule has 1 fully saturated rings. The van der Waals surface area contributed by atoms with Crippen molar-refractivity contribution >= 4 is 35.0 Å². The van der Waals surface area contributed by atoms with E-state index in [1.165, 1.54) is 0 Å². The van der Waals surface area contributed by atoms with E-state index in [9.17, 15) is 4.79 Å². The zero-order valence-corrected chi connectivity index (χ0v) is 9.78. The summed E-state index contributed by atoms with van der Waals surface area (Å²) in [5, 5.41) is 6.82. The van der Waals surface area contributed by atoms with Crippen LogP contribution in [0.3, 0.4) is 0 Å². The van der Waals surface area contributed by atoms with Crippen LogP contribution >= 0.6 is 23.4 Å². The quantitative estimate of drug-likeness (QED) is 0.836. The molecule has 1 aliphatic heterocycles. The van der Waals surface area contributed by atoms with Crippen LogP contribution < -0.4 is 10.6 Å². The molecule has 1 aromatic rings. The summed E-state index contributed by atoms with van der Waals surface area (Å²) in [6, 6.07) is 7.40. The van der Waals surface area contributed by atoms with Gasteiger partial charge in [-0.3, -0.25) is 4.79 Å². The summed E-state index contributed by atoms with van der Waals surface area (Å²) >= 11 is 7.33. The molecular weight excluding hydrogens is 232 g/mol. The lowest BCUT2D eigenvalue weighted by molar-refractivity contribution is -0.118. The predicted molar refractivity (Wildman–Crippen MR) is 64.1 cm³/mol. The van der Waals surface area contributed by atoms with E-state index in [1.807, 2.05) is 31.2 Å². The molecule has 15 heavy (non-hydrogen) atoms. The van der Waals surface area contributed by atoms with Crippen LogP contribution in [0.5, 0.6) is 0 Å². The highest BCUT2D eigenvalue weighted by Gasteiger charge is 2.33. The smallest absolute Gasteiger partial charge is 0.232 e. The van der Waals surface area contributed by atoms with Crippen LogP contribution in [0.15, 0.2) is 24.3 Å². The Balaban J connectivity index is 2.08. The van der Waals surface area contributed by atoms with E-state index in [1.54, 1.807) is 11.8 Å². The number of hydrogen-bond donors (Lipinski definition) is 2. The second-order valence-electron chi connectivity index (χ2n) is 3.50. The van der Waals surface area contributed by atoms with Crippen molar-refractivity contribution in [3.8, 4) is 0 Å². The fourth-order valence-electron chi connectivity index (χ4n) is 1.42. The highest BCUT2D eigenvalue weighted by atomic mass is 35.5. The predicted octanol–water partition coefficient (Wildman–Crippen LogP) is 2.29. The Morgan fingerprint density at radius 2 is 2.13 bits per heavy atom. The summed E-state index contributed by atoms with van der Waals surface area (Å²) in [7, 11) is 0. The summed E-state index contributed by atoms with van der Waals surface area (Å²) < 4.78 is 0. The van der Waals surface area contributed by atoms with Gasteiger partial charge in [-0.25, -0.2) is 0 Å². The highest BCUT2D eigenvalue weighted by molar-refractivity contribution is 8.01. The molecule has 1 saturated heterocycles. The number of carbonyl (C=O) groups excluding carboxylic acids is 1. The van der Waals surface area contributed by atoms with E-state index >= 15 is 0 Å². The van der Waals surface area contributed by atoms with Gasteiger partial charge in [-0.05, 0) is 31.2 Å². The molecular formula is C10H11ClN2OS. The zero-order valence-electron chi connectivity index (χ0n) is 8.21. The van der Waals surface area contributed by atoms with Crippen molar-refractivity contribution in [3.05, 3.63) is 29.3 Å². The Hall–Kier alpha value is -0.870. The van der Waals surface area contributed by atoms with Crippen LogP contribution in [0.25, 0.3) is 0 Å². The Morgan fingerprint density at radius 1 is 1.47 bits per heavy atom. The van der Waals surface area contributed by atoms with Gasteiger partial charge in [-0.15, -0.1) is 11.8 Å². The normalized spacial score (nSPS) is 25.1. The molecule has 5 heteroatoms. The number of benzene rings is 1. The molecule has 2 N–H and O–H groups in total. The van der Waals surface area contributed by atoms with Gasteiger partial charge >= 0.3 is 0 Å². The molecule has 0 aliphatic carbocycles. The monoisotopic (exact) mass is 242 g/mol. The van der Waals surface area contributed by atoms with E-state index in [0.717, 1.165) is 5.69 Å². The standard InChI is InChI=1S/C10H11ClN2OS/c1-10(13-9(14)6-15-10)12-8-4-2-7(11)3-5-8/h2-5,12H,6H2,1H3,(H,13,14)/t10-/m0/s1. The first kappa shape index (κ1) is 10.6. The van der Waals surface area contributed by atoms with Gasteiger partial charge in [0.15, 0.2) is 4.99 Å². The number of carbonyl (C=O) groups is 1. The largest absolute Gasteiger partial charge is 0.354 e. The summed E-state index contributed by atoms with van der Waals surface area (Å²) in [6.07, 6.45) is 0. The molecule has 0 spiro atoms. The Bertz CT molecular complexity index is 382. The SMILES string of the molecule is C[C@]1(Nc2ccc(Cl)cc2)NC(=O)CS1. The molecule has 2 rings (SSSR count). The first-order valence-corrected chi connectivity index (χ1v) is 5.92. The van der Waals surface area contributed by atoms with Gasteiger partial charge in [0.05, 0.1) is 5.75 Å². The van der Waals surface area contributed by atoms with E-state index in [4.69, 9.17) is 11.6 Å². The third kappa shape index (κ3) is 2.58. The van der Waals surface area contributed by atoms with Gasteiger partial charge in [0, 0.05) is 10.7 Å². The van der Waals surface area contributed by atoms with Crippen LogP contribution in [-0.2, 0) is 4.79 Å². The maximum absolute atomic E-state index is 11.1. The molecule has 1 atom stereocenters. The number of anilines is 1. The fourth-order valence-corrected chi connectivity index (χ4v) is 2.42. The summed E-state index contributed by atoms with van der Waals surface area (Å²) in [6.45, 7) is 1.94. The minimum atomic E-state index is -0.412. The van der Waals surface area contributed by atoms with Crippen molar-refractivity contribution in [1.29, 1.82) is 0 Å². The number of rotatable bonds is 2. The second kappa shape index (κ2) is 3.94. The molecule has 0 aromatic heterocycles. The summed E-state index contributed by atoms with van der Waals surface area (Å²) in [4.78, 5) is 10.7. The van der Waals surface area contributed by atoms with Gasteiger partial charge < -0.3 is 10.6 Å². The van der Waals surface area contributed by atoms with Crippen molar-refractivity contribution in [2.24, 2.45) is 0 Å². The lowest BCUT2D eigenvalue weighted by Gasteiger charge is -2.25. The average Bonchev–Trinajstić information content (AvgIpc) is 2.50. The number of thioether (sulfide) groups is 1. The first-order chi connectivity index (χ1) is 7.07. The Labute approximate surface area is 97.6 Å². The first-order valence-electron chi connectivity index (χ1n) is 4.56. The van der Waals surface area contributed by atoms with Gasteiger partial charge in [-0.1, -0.05) is 11.6 Å². The van der Waals surface area contributed by atoms with Crippen LogP contribution in [0.1, 0.15) is 6.92 Å². The molecule has 1 heterocycles. The van der Waals surface area contributed by atoms with Crippen LogP contribution in [0, 0.1) is 0 Å². The lowest BCUT2D eigenvalue weighted by Crippen LogP contribution is -2.43. The van der Waals surface area contributed by atoms with E-state index in [2.05, 4.69) is 10.6 Å². The van der Waals surface area contributed by atoms with Crippen LogP contribution in [0.2, 0.25) is 5.02 Å². The maximum Gasteiger partial charge on any atom is 0.232 e. The Kier molecular flexibility index (Phi) is 2.80. The van der Waals surface area contributed by atoms with Crippen LogP contribution in [0.4, 0.5) is 5.69 Å². The molecule has 1 aromatic carbocycles. The Morgan fingerprint density at radius 3 is 2.67 bits per heavy atom. The van der Waals surface area contributed by atoms with Gasteiger partial charge in [0.1, 0.15) is 0 Å². The van der Waals surface area contributed by atoms with Crippen molar-refractivity contribution in [1.82, 2.24) is 5.32 Å². The molecule has 0 radical (unpaired) electrons. The number of hydrogen-bond acceptors (Lipinski definition) is 3.